The minimum absolute atomic E-state index is 0.0689. The summed E-state index contributed by atoms with van der Waals surface area (Å²) in [6.07, 6.45) is 1.10. The summed E-state index contributed by atoms with van der Waals surface area (Å²) in [5.74, 6) is 0.191. The third-order valence-corrected chi connectivity index (χ3v) is 5.97. The fourth-order valence-corrected chi connectivity index (χ4v) is 3.70. The average Bonchev–Trinajstić information content (AvgIpc) is 2.58. The van der Waals surface area contributed by atoms with Gasteiger partial charge in [0.1, 0.15) is 0 Å². The molecule has 0 saturated carbocycles. The largest absolute Gasteiger partial charge is 0.345 e. The average molecular weight is 408 g/mol. The highest BCUT2D eigenvalue weighted by molar-refractivity contribution is 7.90. The van der Waals surface area contributed by atoms with Crippen LogP contribution in [0, 0.1) is 5.92 Å². The molecule has 146 valence electrons. The van der Waals surface area contributed by atoms with Gasteiger partial charge in [-0.2, -0.15) is 0 Å². The van der Waals surface area contributed by atoms with Crippen LogP contribution in [0.25, 0.3) is 0 Å². The Morgan fingerprint density at radius 2 is 1.52 bits per heavy atom. The summed E-state index contributed by atoms with van der Waals surface area (Å²) >= 11 is 6.15. The molecule has 1 amide bonds. The number of benzene rings is 2. The van der Waals surface area contributed by atoms with Crippen molar-refractivity contribution in [2.24, 2.45) is 5.92 Å². The Labute approximate surface area is 166 Å². The van der Waals surface area contributed by atoms with E-state index in [9.17, 15) is 13.2 Å². The molecule has 2 aromatic carbocycles. The molecule has 4 nitrogen and oxygen atoms in total. The second-order valence-corrected chi connectivity index (χ2v) is 9.85. The van der Waals surface area contributed by atoms with Crippen LogP contribution in [0.2, 0.25) is 5.02 Å². The Morgan fingerprint density at radius 1 is 0.963 bits per heavy atom. The van der Waals surface area contributed by atoms with Crippen molar-refractivity contribution in [1.29, 1.82) is 0 Å². The Balaban J connectivity index is 2.33. The summed E-state index contributed by atoms with van der Waals surface area (Å²) in [6, 6.07) is 12.1. The Bertz CT molecular complexity index is 919. The molecule has 1 atom stereocenters. The highest BCUT2D eigenvalue weighted by Gasteiger charge is 2.22. The number of hydrogen-bond acceptors (Lipinski definition) is 3. The molecule has 2 rings (SSSR count). The molecule has 27 heavy (non-hydrogen) atoms. The molecule has 0 bridgehead atoms. The maximum Gasteiger partial charge on any atom is 0.253 e. The van der Waals surface area contributed by atoms with Gasteiger partial charge in [0, 0.05) is 6.26 Å². The predicted octanol–water partition coefficient (Wildman–Crippen LogP) is 4.99. The lowest BCUT2D eigenvalue weighted by molar-refractivity contribution is 0.0925. The SMILES string of the molecule is CC(C)c1ccc(C(NC(=O)c2cc(S(C)(=O)=O)ccc2Cl)C(C)C)cc1. The van der Waals surface area contributed by atoms with Crippen molar-refractivity contribution in [1.82, 2.24) is 5.32 Å². The van der Waals surface area contributed by atoms with Crippen molar-refractivity contribution in [3.8, 4) is 0 Å². The van der Waals surface area contributed by atoms with Gasteiger partial charge in [0.25, 0.3) is 5.91 Å². The molecule has 6 heteroatoms. The maximum atomic E-state index is 12.8. The van der Waals surface area contributed by atoms with Crippen LogP contribution in [0.5, 0.6) is 0 Å². The highest BCUT2D eigenvalue weighted by Crippen LogP contribution is 2.26. The first-order valence-corrected chi connectivity index (χ1v) is 11.2. The molecule has 0 aliphatic heterocycles. The van der Waals surface area contributed by atoms with Crippen LogP contribution in [0.1, 0.15) is 61.1 Å². The van der Waals surface area contributed by atoms with Gasteiger partial charge in [0.15, 0.2) is 9.84 Å². The minimum Gasteiger partial charge on any atom is -0.345 e. The van der Waals surface area contributed by atoms with Gasteiger partial charge in [-0.25, -0.2) is 8.42 Å². The van der Waals surface area contributed by atoms with Gasteiger partial charge in [-0.3, -0.25) is 4.79 Å². The van der Waals surface area contributed by atoms with E-state index in [0.717, 1.165) is 11.8 Å². The van der Waals surface area contributed by atoms with Crippen LogP contribution in [-0.4, -0.2) is 20.6 Å². The number of hydrogen-bond donors (Lipinski definition) is 1. The van der Waals surface area contributed by atoms with Gasteiger partial charge in [-0.05, 0) is 41.2 Å². The molecule has 0 aliphatic rings. The van der Waals surface area contributed by atoms with Crippen LogP contribution in [-0.2, 0) is 9.84 Å². The molecular formula is C21H26ClNO3S. The van der Waals surface area contributed by atoms with E-state index in [2.05, 4.69) is 31.3 Å². The summed E-state index contributed by atoms with van der Waals surface area (Å²) in [5, 5.41) is 3.22. The number of rotatable bonds is 6. The molecule has 0 spiro atoms. The van der Waals surface area contributed by atoms with Crippen LogP contribution in [0.4, 0.5) is 0 Å². The topological polar surface area (TPSA) is 63.2 Å². The standard InChI is InChI=1S/C21H26ClNO3S/c1-13(2)15-6-8-16(9-7-15)20(14(3)4)23-21(24)18-12-17(27(5,25)26)10-11-19(18)22/h6-14,20H,1-5H3,(H,23,24). The van der Waals surface area contributed by atoms with Gasteiger partial charge in [-0.1, -0.05) is 63.6 Å². The zero-order chi connectivity index (χ0) is 20.4. The van der Waals surface area contributed by atoms with E-state index >= 15 is 0 Å². The van der Waals surface area contributed by atoms with Gasteiger partial charge >= 0.3 is 0 Å². The second kappa shape index (κ2) is 8.44. The number of nitrogens with one attached hydrogen (secondary N) is 1. The molecule has 0 radical (unpaired) electrons. The van der Waals surface area contributed by atoms with Gasteiger partial charge < -0.3 is 5.32 Å². The molecule has 1 N–H and O–H groups in total. The minimum atomic E-state index is -3.42. The maximum absolute atomic E-state index is 12.8. The lowest BCUT2D eigenvalue weighted by Crippen LogP contribution is -2.32. The smallest absolute Gasteiger partial charge is 0.253 e. The van der Waals surface area contributed by atoms with Gasteiger partial charge in [0.05, 0.1) is 21.5 Å². The monoisotopic (exact) mass is 407 g/mol. The van der Waals surface area contributed by atoms with E-state index < -0.39 is 15.7 Å². The molecular weight excluding hydrogens is 382 g/mol. The van der Waals surface area contributed by atoms with Gasteiger partial charge in [0.2, 0.25) is 0 Å². The number of amides is 1. The summed E-state index contributed by atoms with van der Waals surface area (Å²) in [5.41, 5.74) is 2.39. The summed E-state index contributed by atoms with van der Waals surface area (Å²) in [6.45, 7) is 8.31. The number of carbonyl (C=O) groups is 1. The van der Waals surface area contributed by atoms with Crippen molar-refractivity contribution in [3.05, 3.63) is 64.2 Å². The van der Waals surface area contributed by atoms with E-state index in [-0.39, 0.29) is 27.4 Å². The lowest BCUT2D eigenvalue weighted by atomic mass is 9.93. The lowest BCUT2D eigenvalue weighted by Gasteiger charge is -2.24. The Morgan fingerprint density at radius 3 is 2.00 bits per heavy atom. The third kappa shape index (κ3) is 5.33. The molecule has 1 unspecified atom stereocenters. The first-order valence-electron chi connectivity index (χ1n) is 8.91. The van der Waals surface area contributed by atoms with E-state index in [0.29, 0.717) is 5.92 Å². The number of carbonyl (C=O) groups excluding carboxylic acids is 1. The first-order chi connectivity index (χ1) is 12.5. The summed E-state index contributed by atoms with van der Waals surface area (Å²) in [4.78, 5) is 12.9. The van der Waals surface area contributed by atoms with Gasteiger partial charge in [-0.15, -0.1) is 0 Å². The molecule has 0 heterocycles. The van der Waals surface area contributed by atoms with E-state index in [4.69, 9.17) is 11.6 Å². The normalized spacial score (nSPS) is 13.0. The molecule has 0 aromatic heterocycles. The van der Waals surface area contributed by atoms with E-state index in [1.165, 1.54) is 23.8 Å². The zero-order valence-corrected chi connectivity index (χ0v) is 17.9. The van der Waals surface area contributed by atoms with Crippen LogP contribution >= 0.6 is 11.6 Å². The third-order valence-electron chi connectivity index (χ3n) is 4.53. The highest BCUT2D eigenvalue weighted by atomic mass is 35.5. The Hall–Kier alpha value is -1.85. The van der Waals surface area contributed by atoms with Crippen molar-refractivity contribution in [2.75, 3.05) is 6.26 Å². The molecule has 0 saturated heterocycles. The van der Waals surface area contributed by atoms with Crippen LogP contribution < -0.4 is 5.32 Å². The predicted molar refractivity (Wildman–Crippen MR) is 110 cm³/mol. The molecule has 0 aliphatic carbocycles. The fraction of sp³-hybridized carbons (Fsp3) is 0.381. The second-order valence-electron chi connectivity index (χ2n) is 7.43. The number of halogens is 1. The van der Waals surface area contributed by atoms with Crippen molar-refractivity contribution in [3.63, 3.8) is 0 Å². The fourth-order valence-electron chi connectivity index (χ4n) is 2.85. The number of sulfone groups is 1. The van der Waals surface area contributed by atoms with E-state index in [1.807, 2.05) is 26.0 Å². The van der Waals surface area contributed by atoms with Crippen molar-refractivity contribution in [2.45, 2.75) is 44.6 Å². The van der Waals surface area contributed by atoms with Crippen LogP contribution in [0.3, 0.4) is 0 Å². The van der Waals surface area contributed by atoms with Crippen LogP contribution in [0.15, 0.2) is 47.4 Å². The quantitative estimate of drug-likeness (QED) is 0.733. The molecule has 0 fully saturated rings. The Kier molecular flexibility index (Phi) is 6.71. The molecule has 2 aromatic rings. The summed E-state index contributed by atoms with van der Waals surface area (Å²) in [7, 11) is -3.42. The first kappa shape index (κ1) is 21.5. The van der Waals surface area contributed by atoms with Crippen molar-refractivity contribution < 1.29 is 13.2 Å². The van der Waals surface area contributed by atoms with Crippen molar-refractivity contribution >= 4 is 27.3 Å². The zero-order valence-electron chi connectivity index (χ0n) is 16.3. The van der Waals surface area contributed by atoms with E-state index in [1.54, 1.807) is 0 Å². The summed E-state index contributed by atoms with van der Waals surface area (Å²) < 4.78 is 23.6.